The quantitative estimate of drug-likeness (QED) is 0.193. The lowest BCUT2D eigenvalue weighted by Gasteiger charge is -2.29. The molecule has 2 aromatic carbocycles. The first kappa shape index (κ1) is 26.2. The fourth-order valence-corrected chi connectivity index (χ4v) is 4.33. The first-order valence-corrected chi connectivity index (χ1v) is 12.9. The molecular weight excluding hydrogens is 392 g/mol. The van der Waals surface area contributed by atoms with E-state index in [-0.39, 0.29) is 11.4 Å². The van der Waals surface area contributed by atoms with Gasteiger partial charge in [-0.15, -0.1) is 0 Å². The highest BCUT2D eigenvalue weighted by molar-refractivity contribution is 5.90. The van der Waals surface area contributed by atoms with Crippen LogP contribution in [0.25, 0.3) is 11.1 Å². The maximum Gasteiger partial charge on any atom is 0.338 e. The molecule has 0 aliphatic carbocycles. The van der Waals surface area contributed by atoms with Gasteiger partial charge in [-0.1, -0.05) is 127 Å². The van der Waals surface area contributed by atoms with Crippen LogP contribution in [0.15, 0.2) is 54.6 Å². The lowest BCUT2D eigenvalue weighted by atomic mass is 9.80. The maximum atomic E-state index is 12.7. The molecule has 0 aliphatic heterocycles. The van der Waals surface area contributed by atoms with Crippen LogP contribution >= 0.6 is 0 Å². The zero-order valence-corrected chi connectivity index (χ0v) is 20.7. The number of ether oxygens (including phenoxy) is 1. The molecule has 0 spiro atoms. The van der Waals surface area contributed by atoms with Crippen LogP contribution in [0.1, 0.15) is 108 Å². The van der Waals surface area contributed by atoms with Gasteiger partial charge in [0.1, 0.15) is 0 Å². The summed E-state index contributed by atoms with van der Waals surface area (Å²) in [6, 6.07) is 18.0. The van der Waals surface area contributed by atoms with Gasteiger partial charge in [-0.2, -0.15) is 0 Å². The van der Waals surface area contributed by atoms with Crippen molar-refractivity contribution in [1.29, 1.82) is 0 Å². The van der Waals surface area contributed by atoms with Gasteiger partial charge in [0.15, 0.2) is 0 Å². The van der Waals surface area contributed by atoms with Gasteiger partial charge in [0.05, 0.1) is 12.2 Å². The highest BCUT2D eigenvalue weighted by atomic mass is 16.5. The zero-order chi connectivity index (χ0) is 23.1. The van der Waals surface area contributed by atoms with E-state index in [1.165, 1.54) is 64.2 Å². The highest BCUT2D eigenvalue weighted by Crippen LogP contribution is 2.32. The Bertz CT molecular complexity index is 750. The SMILES string of the molecule is CCCCCCCCC(C)(CCCCCC)COC(=O)c1ccc(-c2ccccc2)cc1. The number of hydrogen-bond donors (Lipinski definition) is 0. The summed E-state index contributed by atoms with van der Waals surface area (Å²) in [6.07, 6.45) is 15.2. The molecule has 2 heteroatoms. The number of esters is 1. The highest BCUT2D eigenvalue weighted by Gasteiger charge is 2.26. The molecule has 32 heavy (non-hydrogen) atoms. The van der Waals surface area contributed by atoms with Crippen molar-refractivity contribution in [2.24, 2.45) is 5.41 Å². The van der Waals surface area contributed by atoms with Crippen molar-refractivity contribution < 1.29 is 9.53 Å². The summed E-state index contributed by atoms with van der Waals surface area (Å²) in [5.41, 5.74) is 2.99. The molecule has 1 unspecified atom stereocenters. The van der Waals surface area contributed by atoms with Crippen LogP contribution in [0, 0.1) is 5.41 Å². The Labute approximate surface area is 196 Å². The minimum absolute atomic E-state index is 0.0815. The van der Waals surface area contributed by atoms with Crippen molar-refractivity contribution in [2.75, 3.05) is 6.61 Å². The standard InChI is InChI=1S/C30H44O2/c1-4-6-8-10-11-16-24-30(3,23-15-9-7-5-2)25-32-29(31)28-21-19-27(20-22-28)26-17-13-12-14-18-26/h12-14,17-22H,4-11,15-16,23-25H2,1-3H3. The molecule has 0 aliphatic rings. The van der Waals surface area contributed by atoms with Crippen LogP contribution in [-0.2, 0) is 4.74 Å². The number of carbonyl (C=O) groups excluding carboxylic acids is 1. The molecule has 0 fully saturated rings. The first-order chi connectivity index (χ1) is 15.6. The molecule has 0 aromatic heterocycles. The largest absolute Gasteiger partial charge is 0.462 e. The second kappa shape index (κ2) is 14.9. The lowest BCUT2D eigenvalue weighted by Crippen LogP contribution is -2.25. The summed E-state index contributed by atoms with van der Waals surface area (Å²) in [5.74, 6) is -0.202. The lowest BCUT2D eigenvalue weighted by molar-refractivity contribution is 0.0264. The van der Waals surface area contributed by atoms with Crippen molar-refractivity contribution in [3.63, 3.8) is 0 Å². The summed E-state index contributed by atoms with van der Waals surface area (Å²) < 4.78 is 5.85. The topological polar surface area (TPSA) is 26.3 Å². The predicted molar refractivity (Wildman–Crippen MR) is 137 cm³/mol. The molecule has 0 N–H and O–H groups in total. The third kappa shape index (κ3) is 9.59. The minimum Gasteiger partial charge on any atom is -0.462 e. The molecule has 2 rings (SSSR count). The molecule has 0 amide bonds. The molecule has 0 saturated heterocycles. The zero-order valence-electron chi connectivity index (χ0n) is 20.7. The Morgan fingerprint density at radius 1 is 0.688 bits per heavy atom. The van der Waals surface area contributed by atoms with Gasteiger partial charge in [0, 0.05) is 5.41 Å². The molecule has 0 saturated carbocycles. The van der Waals surface area contributed by atoms with Crippen molar-refractivity contribution in [3.05, 3.63) is 60.2 Å². The van der Waals surface area contributed by atoms with E-state index in [0.717, 1.165) is 24.0 Å². The van der Waals surface area contributed by atoms with Crippen LogP contribution in [0.5, 0.6) is 0 Å². The summed E-state index contributed by atoms with van der Waals surface area (Å²) >= 11 is 0. The molecular formula is C30H44O2. The summed E-state index contributed by atoms with van der Waals surface area (Å²) in [7, 11) is 0. The van der Waals surface area contributed by atoms with E-state index in [2.05, 4.69) is 32.9 Å². The van der Waals surface area contributed by atoms with E-state index < -0.39 is 0 Å². The van der Waals surface area contributed by atoms with Gasteiger partial charge in [-0.25, -0.2) is 4.79 Å². The first-order valence-electron chi connectivity index (χ1n) is 12.9. The monoisotopic (exact) mass is 436 g/mol. The molecule has 2 nitrogen and oxygen atoms in total. The maximum absolute atomic E-state index is 12.7. The number of hydrogen-bond acceptors (Lipinski definition) is 2. The fraction of sp³-hybridized carbons (Fsp3) is 0.567. The van der Waals surface area contributed by atoms with Crippen LogP contribution in [0.4, 0.5) is 0 Å². The van der Waals surface area contributed by atoms with Crippen molar-refractivity contribution in [2.45, 2.75) is 97.8 Å². The Balaban J connectivity index is 1.88. The second-order valence-corrected chi connectivity index (χ2v) is 9.66. The number of unbranched alkanes of at least 4 members (excludes halogenated alkanes) is 8. The average molecular weight is 437 g/mol. The van der Waals surface area contributed by atoms with Gasteiger partial charge in [-0.05, 0) is 36.1 Å². The van der Waals surface area contributed by atoms with E-state index in [4.69, 9.17) is 4.74 Å². The molecule has 176 valence electrons. The van der Waals surface area contributed by atoms with Crippen LogP contribution < -0.4 is 0 Å². The Morgan fingerprint density at radius 2 is 1.19 bits per heavy atom. The van der Waals surface area contributed by atoms with Crippen molar-refractivity contribution in [3.8, 4) is 11.1 Å². The molecule has 0 heterocycles. The number of carbonyl (C=O) groups is 1. The summed E-state index contributed by atoms with van der Waals surface area (Å²) in [6.45, 7) is 7.35. The number of rotatable bonds is 16. The molecule has 0 bridgehead atoms. The predicted octanol–water partition coefficient (Wildman–Crippen LogP) is 9.24. The normalized spacial score (nSPS) is 13.0. The molecule has 1 atom stereocenters. The second-order valence-electron chi connectivity index (χ2n) is 9.66. The van der Waals surface area contributed by atoms with Gasteiger partial charge in [-0.3, -0.25) is 0 Å². The van der Waals surface area contributed by atoms with Crippen LogP contribution in [0.3, 0.4) is 0 Å². The summed E-state index contributed by atoms with van der Waals surface area (Å²) in [5, 5.41) is 0. The van der Waals surface area contributed by atoms with Gasteiger partial charge >= 0.3 is 5.97 Å². The van der Waals surface area contributed by atoms with E-state index in [1.54, 1.807) is 0 Å². The Kier molecular flexibility index (Phi) is 12.2. The van der Waals surface area contributed by atoms with E-state index in [9.17, 15) is 4.79 Å². The smallest absolute Gasteiger partial charge is 0.338 e. The van der Waals surface area contributed by atoms with E-state index in [0.29, 0.717) is 12.2 Å². The van der Waals surface area contributed by atoms with Crippen LogP contribution in [0.2, 0.25) is 0 Å². The number of benzene rings is 2. The minimum atomic E-state index is -0.202. The van der Waals surface area contributed by atoms with Crippen molar-refractivity contribution in [1.82, 2.24) is 0 Å². The fourth-order valence-electron chi connectivity index (χ4n) is 4.33. The Hall–Kier alpha value is -2.09. The van der Waals surface area contributed by atoms with E-state index >= 15 is 0 Å². The Morgan fingerprint density at radius 3 is 1.78 bits per heavy atom. The van der Waals surface area contributed by atoms with Crippen LogP contribution in [-0.4, -0.2) is 12.6 Å². The third-order valence-corrected chi connectivity index (χ3v) is 6.55. The van der Waals surface area contributed by atoms with Gasteiger partial charge in [0.2, 0.25) is 0 Å². The molecule has 0 radical (unpaired) electrons. The van der Waals surface area contributed by atoms with Crippen molar-refractivity contribution >= 4 is 5.97 Å². The average Bonchev–Trinajstić information content (AvgIpc) is 2.83. The molecule has 2 aromatic rings. The van der Waals surface area contributed by atoms with Gasteiger partial charge in [0.25, 0.3) is 0 Å². The van der Waals surface area contributed by atoms with Gasteiger partial charge < -0.3 is 4.74 Å². The van der Waals surface area contributed by atoms with E-state index in [1.807, 2.05) is 42.5 Å². The third-order valence-electron chi connectivity index (χ3n) is 6.55. The summed E-state index contributed by atoms with van der Waals surface area (Å²) in [4.78, 5) is 12.7.